The first-order valence-electron chi connectivity index (χ1n) is 9.47. The van der Waals surface area contributed by atoms with Gasteiger partial charge in [0.15, 0.2) is 17.5 Å². The van der Waals surface area contributed by atoms with Gasteiger partial charge >= 0.3 is 0 Å². The predicted molar refractivity (Wildman–Crippen MR) is 131 cm³/mol. The number of hydrogen-bond donors (Lipinski definition) is 1. The molecule has 1 N–H and O–H groups in total. The Hall–Kier alpha value is -2.36. The van der Waals surface area contributed by atoms with Gasteiger partial charge in [-0.15, -0.1) is 24.0 Å². The summed E-state index contributed by atoms with van der Waals surface area (Å²) in [5, 5.41) is 3.34. The third-order valence-corrected chi connectivity index (χ3v) is 4.46. The molecule has 0 heterocycles. The topological polar surface area (TPSA) is 64.6 Å². The number of hydrogen-bond acceptors (Lipinski definition) is 5. The van der Waals surface area contributed by atoms with Crippen LogP contribution in [0.5, 0.6) is 23.0 Å². The first kappa shape index (κ1) is 25.7. The Bertz CT molecular complexity index is 813. The fraction of sp³-hybridized carbons (Fsp3) is 0.409. The molecule has 30 heavy (non-hydrogen) atoms. The van der Waals surface area contributed by atoms with Gasteiger partial charge in [-0.1, -0.05) is 12.1 Å². The molecule has 0 bridgehead atoms. The van der Waals surface area contributed by atoms with Gasteiger partial charge < -0.3 is 29.2 Å². The molecule has 2 aromatic rings. The molecule has 166 valence electrons. The molecular formula is C22H32IN3O4. The molecule has 0 saturated carbocycles. The highest BCUT2D eigenvalue weighted by Crippen LogP contribution is 2.34. The van der Waals surface area contributed by atoms with Crippen LogP contribution in [0.25, 0.3) is 0 Å². The molecular weight excluding hydrogens is 497 g/mol. The zero-order valence-corrected chi connectivity index (χ0v) is 20.9. The Kier molecular flexibility index (Phi) is 11.2. The number of guanidine groups is 1. The van der Waals surface area contributed by atoms with E-state index in [9.17, 15) is 0 Å². The van der Waals surface area contributed by atoms with Crippen molar-refractivity contribution in [2.45, 2.75) is 20.0 Å². The fourth-order valence-electron chi connectivity index (χ4n) is 2.93. The number of nitrogens with one attached hydrogen (secondary N) is 1. The van der Waals surface area contributed by atoms with Crippen molar-refractivity contribution >= 4 is 29.9 Å². The normalized spacial score (nSPS) is 10.7. The number of benzene rings is 2. The van der Waals surface area contributed by atoms with E-state index in [1.165, 1.54) is 5.56 Å². The first-order chi connectivity index (χ1) is 14.1. The summed E-state index contributed by atoms with van der Waals surface area (Å²) in [6.45, 7) is 3.99. The predicted octanol–water partition coefficient (Wildman–Crippen LogP) is 3.94. The van der Waals surface area contributed by atoms with Gasteiger partial charge in [-0.25, -0.2) is 4.99 Å². The van der Waals surface area contributed by atoms with E-state index in [4.69, 9.17) is 23.9 Å². The second-order valence-corrected chi connectivity index (χ2v) is 6.39. The molecule has 2 rings (SSSR count). The minimum absolute atomic E-state index is 0. The van der Waals surface area contributed by atoms with E-state index < -0.39 is 0 Å². The number of halogens is 1. The Morgan fingerprint density at radius 3 is 2.03 bits per heavy atom. The van der Waals surface area contributed by atoms with Crippen LogP contribution in [0.15, 0.2) is 41.4 Å². The Morgan fingerprint density at radius 1 is 0.900 bits per heavy atom. The summed E-state index contributed by atoms with van der Waals surface area (Å²) >= 11 is 0. The van der Waals surface area contributed by atoms with Gasteiger partial charge in [-0.2, -0.15) is 0 Å². The molecule has 2 aromatic carbocycles. The van der Waals surface area contributed by atoms with Crippen molar-refractivity contribution in [2.24, 2.45) is 4.99 Å². The summed E-state index contributed by atoms with van der Waals surface area (Å²) in [5.74, 6) is 3.63. The van der Waals surface area contributed by atoms with Crippen LogP contribution >= 0.6 is 24.0 Å². The zero-order valence-electron chi connectivity index (χ0n) is 18.5. The van der Waals surface area contributed by atoms with Crippen LogP contribution in [0.4, 0.5) is 0 Å². The lowest BCUT2D eigenvalue weighted by Gasteiger charge is -2.22. The van der Waals surface area contributed by atoms with Gasteiger partial charge in [0.05, 0.1) is 35.0 Å². The molecule has 0 aliphatic carbocycles. The van der Waals surface area contributed by atoms with Gasteiger partial charge in [0, 0.05) is 31.8 Å². The van der Waals surface area contributed by atoms with Gasteiger partial charge in [0.2, 0.25) is 0 Å². The summed E-state index contributed by atoms with van der Waals surface area (Å²) in [7, 11) is 8.53. The van der Waals surface area contributed by atoms with E-state index in [-0.39, 0.29) is 24.0 Å². The minimum Gasteiger partial charge on any atom is -0.497 e. The number of methoxy groups -OCH3 is 4. The summed E-state index contributed by atoms with van der Waals surface area (Å²) in [6, 6.07) is 11.7. The maximum absolute atomic E-state index is 5.51. The average Bonchev–Trinajstić information content (AvgIpc) is 2.76. The molecule has 0 radical (unpaired) electrons. The van der Waals surface area contributed by atoms with Crippen LogP contribution in [-0.4, -0.2) is 52.9 Å². The van der Waals surface area contributed by atoms with E-state index in [0.29, 0.717) is 23.8 Å². The first-order valence-corrected chi connectivity index (χ1v) is 9.47. The maximum atomic E-state index is 5.51. The van der Waals surface area contributed by atoms with Crippen molar-refractivity contribution in [1.29, 1.82) is 0 Å². The van der Waals surface area contributed by atoms with Crippen LogP contribution in [0.3, 0.4) is 0 Å². The summed E-state index contributed by atoms with van der Waals surface area (Å²) in [4.78, 5) is 6.87. The molecule has 0 fully saturated rings. The largest absolute Gasteiger partial charge is 0.497 e. The molecule has 0 aromatic heterocycles. The lowest BCUT2D eigenvalue weighted by atomic mass is 10.1. The van der Waals surface area contributed by atoms with Crippen LogP contribution in [0, 0.1) is 0 Å². The van der Waals surface area contributed by atoms with Crippen LogP contribution in [0.1, 0.15) is 18.1 Å². The highest BCUT2D eigenvalue weighted by molar-refractivity contribution is 14.0. The Morgan fingerprint density at radius 2 is 1.50 bits per heavy atom. The lowest BCUT2D eigenvalue weighted by Crippen LogP contribution is -2.38. The summed E-state index contributed by atoms with van der Waals surface area (Å²) in [5.41, 5.74) is 2.08. The fourth-order valence-corrected chi connectivity index (χ4v) is 2.93. The van der Waals surface area contributed by atoms with Crippen molar-refractivity contribution in [3.05, 3.63) is 47.5 Å². The van der Waals surface area contributed by atoms with Gasteiger partial charge in [0.1, 0.15) is 11.5 Å². The maximum Gasteiger partial charge on any atom is 0.194 e. The van der Waals surface area contributed by atoms with Crippen LogP contribution in [0.2, 0.25) is 0 Å². The van der Waals surface area contributed by atoms with Crippen LogP contribution in [-0.2, 0) is 13.1 Å². The van der Waals surface area contributed by atoms with Gasteiger partial charge in [-0.3, -0.25) is 0 Å². The van der Waals surface area contributed by atoms with Crippen molar-refractivity contribution in [3.63, 3.8) is 0 Å². The average molecular weight is 529 g/mol. The van der Waals surface area contributed by atoms with E-state index in [1.807, 2.05) is 38.2 Å². The molecule has 0 atom stereocenters. The molecule has 0 saturated heterocycles. The van der Waals surface area contributed by atoms with E-state index in [0.717, 1.165) is 30.4 Å². The van der Waals surface area contributed by atoms with Crippen molar-refractivity contribution in [2.75, 3.05) is 42.0 Å². The molecule has 0 amide bonds. The number of rotatable bonds is 9. The number of nitrogens with zero attached hydrogens (tertiary/aromatic N) is 2. The highest BCUT2D eigenvalue weighted by Gasteiger charge is 2.13. The highest BCUT2D eigenvalue weighted by atomic mass is 127. The Balaban J connectivity index is 0.00000450. The van der Waals surface area contributed by atoms with E-state index in [1.54, 1.807) is 28.4 Å². The zero-order chi connectivity index (χ0) is 21.2. The molecule has 0 aliphatic rings. The minimum atomic E-state index is 0. The third-order valence-electron chi connectivity index (χ3n) is 4.46. The van der Waals surface area contributed by atoms with E-state index >= 15 is 0 Å². The summed E-state index contributed by atoms with van der Waals surface area (Å²) in [6.07, 6.45) is 0. The van der Waals surface area contributed by atoms with Crippen molar-refractivity contribution < 1.29 is 18.9 Å². The second-order valence-electron chi connectivity index (χ2n) is 6.39. The number of ether oxygens (including phenoxy) is 4. The Labute approximate surface area is 196 Å². The SMILES string of the molecule is CCNC(=NCc1cc(OC)c(OC)cc1OC)N(C)Cc1ccc(OC)cc1.I. The molecule has 0 spiro atoms. The number of aliphatic imine (C=N–C) groups is 1. The van der Waals surface area contributed by atoms with E-state index in [2.05, 4.69) is 22.3 Å². The van der Waals surface area contributed by atoms with Gasteiger partial charge in [-0.05, 0) is 30.7 Å². The van der Waals surface area contributed by atoms with Crippen molar-refractivity contribution in [1.82, 2.24) is 10.2 Å². The third kappa shape index (κ3) is 6.86. The molecule has 0 unspecified atom stereocenters. The molecule has 8 heteroatoms. The second kappa shape index (κ2) is 13.0. The quantitative estimate of drug-likeness (QED) is 0.302. The van der Waals surface area contributed by atoms with Crippen molar-refractivity contribution in [3.8, 4) is 23.0 Å². The molecule has 0 aliphatic heterocycles. The standard InChI is InChI=1S/C22H31N3O4.HI/c1-7-23-22(25(2)15-16-8-10-18(26-3)11-9-16)24-14-17-12-20(28-5)21(29-6)13-19(17)27-4;/h8-13H,7,14-15H2,1-6H3,(H,23,24);1H. The summed E-state index contributed by atoms with van der Waals surface area (Å²) < 4.78 is 21.5. The monoisotopic (exact) mass is 529 g/mol. The van der Waals surface area contributed by atoms with Gasteiger partial charge in [0.25, 0.3) is 0 Å². The smallest absolute Gasteiger partial charge is 0.194 e. The lowest BCUT2D eigenvalue weighted by molar-refractivity contribution is 0.347. The van der Waals surface area contributed by atoms with Crippen LogP contribution < -0.4 is 24.3 Å². The molecule has 7 nitrogen and oxygen atoms in total.